The average molecular weight is 490 g/mol. The Balaban J connectivity index is 1.48. The number of anilines is 2. The number of non-ortho nitro benzene ring substituents is 2. The lowest BCUT2D eigenvalue weighted by molar-refractivity contribution is -0.385. The van der Waals surface area contributed by atoms with Crippen molar-refractivity contribution in [2.24, 2.45) is 0 Å². The molecule has 4 aromatic rings. The molecule has 3 aromatic carbocycles. The number of rotatable bonds is 7. The van der Waals surface area contributed by atoms with Crippen LogP contribution in [-0.2, 0) is 0 Å². The third-order valence-corrected chi connectivity index (χ3v) is 5.62. The van der Waals surface area contributed by atoms with Crippen molar-refractivity contribution < 1.29 is 19.4 Å². The highest BCUT2D eigenvalue weighted by atomic mass is 32.1. The Hall–Kier alpha value is -5.04. The second kappa shape index (κ2) is 9.84. The molecule has 174 valence electrons. The quantitative estimate of drug-likeness (QED) is 0.281. The number of hydrogen-bond donors (Lipinski definition) is 2. The SMILES string of the molecule is O=C(Nc1ccccc1C(=O)Nc1nnc(-c2ccc([N+](=O)[O-])cc2)s1)c1ccc([N+](=O)[O-])cc1. The minimum atomic E-state index is -0.568. The number of carbonyl (C=O) groups is 2. The molecule has 35 heavy (non-hydrogen) atoms. The van der Waals surface area contributed by atoms with Crippen molar-refractivity contribution in [3.63, 3.8) is 0 Å². The molecule has 12 nitrogen and oxygen atoms in total. The number of aromatic nitrogens is 2. The van der Waals surface area contributed by atoms with Crippen LogP contribution in [0.4, 0.5) is 22.2 Å². The third-order valence-electron chi connectivity index (χ3n) is 4.73. The molecule has 0 saturated carbocycles. The van der Waals surface area contributed by atoms with Gasteiger partial charge in [-0.15, -0.1) is 10.2 Å². The molecule has 1 heterocycles. The number of carbonyl (C=O) groups excluding carboxylic acids is 2. The van der Waals surface area contributed by atoms with Crippen LogP contribution < -0.4 is 10.6 Å². The van der Waals surface area contributed by atoms with Gasteiger partial charge in [-0.3, -0.25) is 35.1 Å². The van der Waals surface area contributed by atoms with Gasteiger partial charge in [0, 0.05) is 35.4 Å². The zero-order chi connectivity index (χ0) is 24.9. The molecule has 1 aromatic heterocycles. The summed E-state index contributed by atoms with van der Waals surface area (Å²) in [5.41, 5.74) is 0.973. The van der Waals surface area contributed by atoms with Crippen molar-refractivity contribution in [1.29, 1.82) is 0 Å². The van der Waals surface area contributed by atoms with E-state index in [1.54, 1.807) is 18.2 Å². The summed E-state index contributed by atoms with van der Waals surface area (Å²) < 4.78 is 0. The first kappa shape index (κ1) is 23.1. The molecule has 0 atom stereocenters. The van der Waals surface area contributed by atoms with Gasteiger partial charge in [0.15, 0.2) is 0 Å². The standard InChI is InChI=1S/C22H14N6O6S/c29-19(13-5-9-15(10-6-13)27(31)32)23-18-4-2-1-3-17(18)20(30)24-22-26-25-21(35-22)14-7-11-16(12-8-14)28(33)34/h1-12H,(H,23,29)(H,24,26,30). The van der Waals surface area contributed by atoms with Gasteiger partial charge in [-0.25, -0.2) is 0 Å². The van der Waals surface area contributed by atoms with Crippen molar-refractivity contribution in [1.82, 2.24) is 10.2 Å². The van der Waals surface area contributed by atoms with Gasteiger partial charge in [0.05, 0.1) is 21.1 Å². The second-order valence-electron chi connectivity index (χ2n) is 6.97. The first-order chi connectivity index (χ1) is 16.8. The van der Waals surface area contributed by atoms with Crippen molar-refractivity contribution in [3.8, 4) is 10.6 Å². The van der Waals surface area contributed by atoms with Crippen LogP contribution in [0, 0.1) is 20.2 Å². The minimum absolute atomic E-state index is 0.0563. The fourth-order valence-corrected chi connectivity index (χ4v) is 3.74. The molecule has 0 bridgehead atoms. The van der Waals surface area contributed by atoms with Gasteiger partial charge in [-0.05, 0) is 36.4 Å². The van der Waals surface area contributed by atoms with Gasteiger partial charge in [0.25, 0.3) is 23.2 Å². The zero-order valence-electron chi connectivity index (χ0n) is 17.6. The van der Waals surface area contributed by atoms with E-state index in [1.165, 1.54) is 54.6 Å². The molecule has 0 radical (unpaired) electrons. The normalized spacial score (nSPS) is 10.4. The number of nitrogens with zero attached hydrogens (tertiary/aromatic N) is 4. The number of nitrogens with one attached hydrogen (secondary N) is 2. The van der Waals surface area contributed by atoms with Crippen LogP contribution in [0.3, 0.4) is 0 Å². The summed E-state index contributed by atoms with van der Waals surface area (Å²) in [7, 11) is 0. The van der Waals surface area contributed by atoms with Gasteiger partial charge >= 0.3 is 0 Å². The number of para-hydroxylation sites is 1. The molecule has 0 unspecified atom stereocenters. The van der Waals surface area contributed by atoms with E-state index in [0.717, 1.165) is 11.3 Å². The molecular formula is C22H14N6O6S. The van der Waals surface area contributed by atoms with E-state index in [0.29, 0.717) is 10.6 Å². The number of hydrogen-bond acceptors (Lipinski definition) is 9. The Labute approximate surface area is 200 Å². The van der Waals surface area contributed by atoms with E-state index in [9.17, 15) is 29.8 Å². The van der Waals surface area contributed by atoms with E-state index < -0.39 is 21.7 Å². The lowest BCUT2D eigenvalue weighted by Gasteiger charge is -2.10. The Morgan fingerprint density at radius 3 is 1.97 bits per heavy atom. The first-order valence-electron chi connectivity index (χ1n) is 9.86. The predicted octanol–water partition coefficient (Wildman–Crippen LogP) is 4.53. The summed E-state index contributed by atoms with van der Waals surface area (Å²) in [6, 6.07) is 17.1. The lowest BCUT2D eigenvalue weighted by atomic mass is 10.1. The van der Waals surface area contributed by atoms with Crippen LogP contribution in [0.2, 0.25) is 0 Å². The molecule has 0 saturated heterocycles. The molecule has 2 amide bonds. The Morgan fingerprint density at radius 1 is 0.743 bits per heavy atom. The molecule has 0 aliphatic heterocycles. The summed E-state index contributed by atoms with van der Waals surface area (Å²) in [4.78, 5) is 46.0. The second-order valence-corrected chi connectivity index (χ2v) is 7.95. The zero-order valence-corrected chi connectivity index (χ0v) is 18.4. The van der Waals surface area contributed by atoms with Crippen LogP contribution >= 0.6 is 11.3 Å². The largest absolute Gasteiger partial charge is 0.321 e. The van der Waals surface area contributed by atoms with E-state index in [1.807, 2.05) is 0 Å². The van der Waals surface area contributed by atoms with Gasteiger partial charge < -0.3 is 5.32 Å². The molecule has 13 heteroatoms. The maximum atomic E-state index is 12.9. The fourth-order valence-electron chi connectivity index (χ4n) is 3.00. The van der Waals surface area contributed by atoms with Crippen LogP contribution in [0.25, 0.3) is 10.6 Å². The summed E-state index contributed by atoms with van der Waals surface area (Å²) >= 11 is 1.08. The number of amides is 2. The van der Waals surface area contributed by atoms with Gasteiger partial charge in [0.1, 0.15) is 5.01 Å². The molecule has 0 spiro atoms. The van der Waals surface area contributed by atoms with Crippen LogP contribution in [0.15, 0.2) is 72.8 Å². The third kappa shape index (κ3) is 5.31. The Bertz CT molecular complexity index is 1440. The lowest BCUT2D eigenvalue weighted by Crippen LogP contribution is -2.18. The predicted molar refractivity (Wildman–Crippen MR) is 127 cm³/mol. The molecular weight excluding hydrogens is 476 g/mol. The fraction of sp³-hybridized carbons (Fsp3) is 0. The van der Waals surface area contributed by atoms with Crippen LogP contribution in [-0.4, -0.2) is 31.9 Å². The molecule has 0 aliphatic carbocycles. The van der Waals surface area contributed by atoms with Crippen molar-refractivity contribution in [2.75, 3.05) is 10.6 Å². The summed E-state index contributed by atoms with van der Waals surface area (Å²) in [5.74, 6) is -1.09. The van der Waals surface area contributed by atoms with E-state index in [-0.39, 0.29) is 33.3 Å². The average Bonchev–Trinajstić information content (AvgIpc) is 3.32. The van der Waals surface area contributed by atoms with Crippen molar-refractivity contribution >= 4 is 45.3 Å². The summed E-state index contributed by atoms with van der Waals surface area (Å²) in [6.45, 7) is 0. The van der Waals surface area contributed by atoms with Crippen LogP contribution in [0.5, 0.6) is 0 Å². The maximum Gasteiger partial charge on any atom is 0.269 e. The topological polar surface area (TPSA) is 170 Å². The smallest absolute Gasteiger partial charge is 0.269 e. The van der Waals surface area contributed by atoms with E-state index in [2.05, 4.69) is 20.8 Å². The highest BCUT2D eigenvalue weighted by Crippen LogP contribution is 2.28. The van der Waals surface area contributed by atoms with Crippen molar-refractivity contribution in [3.05, 3.63) is 104 Å². The maximum absolute atomic E-state index is 12.9. The van der Waals surface area contributed by atoms with Gasteiger partial charge in [-0.1, -0.05) is 23.5 Å². The monoisotopic (exact) mass is 490 g/mol. The van der Waals surface area contributed by atoms with E-state index >= 15 is 0 Å². The number of nitro benzene ring substituents is 2. The van der Waals surface area contributed by atoms with Gasteiger partial charge in [0.2, 0.25) is 5.13 Å². The van der Waals surface area contributed by atoms with E-state index in [4.69, 9.17) is 0 Å². The number of benzene rings is 3. The molecule has 0 aliphatic rings. The van der Waals surface area contributed by atoms with Crippen molar-refractivity contribution in [2.45, 2.75) is 0 Å². The number of nitro groups is 2. The molecule has 2 N–H and O–H groups in total. The Morgan fingerprint density at radius 2 is 1.34 bits per heavy atom. The van der Waals surface area contributed by atoms with Gasteiger partial charge in [-0.2, -0.15) is 0 Å². The minimum Gasteiger partial charge on any atom is -0.321 e. The van der Waals surface area contributed by atoms with Crippen LogP contribution in [0.1, 0.15) is 20.7 Å². The first-order valence-corrected chi connectivity index (χ1v) is 10.7. The summed E-state index contributed by atoms with van der Waals surface area (Å²) in [5, 5.41) is 35.4. The molecule has 0 fully saturated rings. The summed E-state index contributed by atoms with van der Waals surface area (Å²) in [6.07, 6.45) is 0. The highest BCUT2D eigenvalue weighted by Gasteiger charge is 2.17. The Kier molecular flexibility index (Phi) is 6.50. The molecule has 4 rings (SSSR count). The highest BCUT2D eigenvalue weighted by molar-refractivity contribution is 7.18.